The molecule has 8 heteroatoms. The molecular formula is C21H33N7O. The zero-order valence-corrected chi connectivity index (χ0v) is 18.2. The molecule has 2 aromatic rings. The first-order chi connectivity index (χ1) is 14.1. The lowest BCUT2D eigenvalue weighted by atomic mass is 10.1. The van der Waals surface area contributed by atoms with Gasteiger partial charge in [0.25, 0.3) is 0 Å². The normalized spacial score (nSPS) is 11.1. The van der Waals surface area contributed by atoms with Gasteiger partial charge in [-0.25, -0.2) is 0 Å². The van der Waals surface area contributed by atoms with E-state index in [0.717, 1.165) is 31.6 Å². The molecule has 0 atom stereocenters. The van der Waals surface area contributed by atoms with Gasteiger partial charge in [-0.1, -0.05) is 19.9 Å². The van der Waals surface area contributed by atoms with Crippen LogP contribution in [0.5, 0.6) is 6.01 Å². The molecule has 2 rings (SSSR count). The van der Waals surface area contributed by atoms with E-state index in [1.807, 2.05) is 13.1 Å². The Morgan fingerprint density at radius 2 is 1.83 bits per heavy atom. The van der Waals surface area contributed by atoms with Crippen molar-refractivity contribution in [3.63, 3.8) is 0 Å². The van der Waals surface area contributed by atoms with Crippen LogP contribution in [0.4, 0.5) is 11.6 Å². The van der Waals surface area contributed by atoms with Crippen LogP contribution in [0.3, 0.4) is 0 Å². The number of benzene rings is 1. The molecule has 0 amide bonds. The van der Waals surface area contributed by atoms with E-state index in [1.165, 1.54) is 11.1 Å². The summed E-state index contributed by atoms with van der Waals surface area (Å²) < 4.78 is 5.69. The molecule has 0 saturated heterocycles. The van der Waals surface area contributed by atoms with Gasteiger partial charge in [-0.3, -0.25) is 5.43 Å². The smallest absolute Gasteiger partial charge is 0.321 e. The molecule has 0 bridgehead atoms. The lowest BCUT2D eigenvalue weighted by Gasteiger charge is -2.21. The predicted molar refractivity (Wildman–Crippen MR) is 119 cm³/mol. The summed E-state index contributed by atoms with van der Waals surface area (Å²) in [6, 6.07) is 6.43. The average molecular weight is 400 g/mol. The molecule has 0 aliphatic heterocycles. The van der Waals surface area contributed by atoms with Crippen molar-refractivity contribution in [3.05, 3.63) is 35.2 Å². The Kier molecular flexibility index (Phi) is 9.30. The SMILES string of the molecule is CCCN(CCC)c1nc(/C=N/Nc2ccc(C)c(C)c2)nc(OCCNC)n1. The van der Waals surface area contributed by atoms with E-state index in [4.69, 9.17) is 4.74 Å². The average Bonchev–Trinajstić information content (AvgIpc) is 2.70. The number of aromatic nitrogens is 3. The van der Waals surface area contributed by atoms with Crippen molar-refractivity contribution < 1.29 is 4.74 Å². The summed E-state index contributed by atoms with van der Waals surface area (Å²) in [5, 5.41) is 7.35. The van der Waals surface area contributed by atoms with Crippen molar-refractivity contribution in [2.45, 2.75) is 40.5 Å². The summed E-state index contributed by atoms with van der Waals surface area (Å²) in [5.74, 6) is 1.08. The van der Waals surface area contributed by atoms with Gasteiger partial charge in [0.05, 0.1) is 11.9 Å². The quantitative estimate of drug-likeness (QED) is 0.322. The third-order valence-electron chi connectivity index (χ3n) is 4.35. The molecular weight excluding hydrogens is 366 g/mol. The molecule has 0 aliphatic carbocycles. The van der Waals surface area contributed by atoms with Gasteiger partial charge in [-0.15, -0.1) is 0 Å². The zero-order chi connectivity index (χ0) is 21.1. The van der Waals surface area contributed by atoms with E-state index >= 15 is 0 Å². The van der Waals surface area contributed by atoms with Crippen LogP contribution in [0, 0.1) is 13.8 Å². The van der Waals surface area contributed by atoms with Crippen LogP contribution in [-0.4, -0.2) is 54.5 Å². The number of hydrogen-bond acceptors (Lipinski definition) is 8. The second-order valence-electron chi connectivity index (χ2n) is 6.88. The largest absolute Gasteiger partial charge is 0.462 e. The minimum atomic E-state index is 0.315. The molecule has 1 aromatic heterocycles. The second-order valence-corrected chi connectivity index (χ2v) is 6.88. The summed E-state index contributed by atoms with van der Waals surface area (Å²) in [6.45, 7) is 11.4. The van der Waals surface area contributed by atoms with E-state index < -0.39 is 0 Å². The number of nitrogens with one attached hydrogen (secondary N) is 2. The van der Waals surface area contributed by atoms with Crippen LogP contribution in [0.25, 0.3) is 0 Å². The Morgan fingerprint density at radius 3 is 2.48 bits per heavy atom. The number of hydrogen-bond donors (Lipinski definition) is 2. The Bertz CT molecular complexity index is 789. The Morgan fingerprint density at radius 1 is 1.07 bits per heavy atom. The molecule has 0 fully saturated rings. The van der Waals surface area contributed by atoms with Crippen LogP contribution in [0.2, 0.25) is 0 Å². The van der Waals surface area contributed by atoms with E-state index in [0.29, 0.717) is 30.9 Å². The van der Waals surface area contributed by atoms with Crippen molar-refractivity contribution in [2.24, 2.45) is 5.10 Å². The Balaban J connectivity index is 2.21. The maximum Gasteiger partial charge on any atom is 0.321 e. The highest BCUT2D eigenvalue weighted by molar-refractivity contribution is 5.75. The summed E-state index contributed by atoms with van der Waals surface area (Å²) in [5.41, 5.74) is 6.41. The first-order valence-electron chi connectivity index (χ1n) is 10.2. The van der Waals surface area contributed by atoms with Gasteiger partial charge >= 0.3 is 6.01 Å². The molecule has 0 radical (unpaired) electrons. The van der Waals surface area contributed by atoms with Crippen molar-refractivity contribution in [1.82, 2.24) is 20.3 Å². The van der Waals surface area contributed by atoms with Crippen molar-refractivity contribution in [2.75, 3.05) is 43.6 Å². The predicted octanol–water partition coefficient (Wildman–Crippen LogP) is 3.16. The zero-order valence-electron chi connectivity index (χ0n) is 18.2. The number of ether oxygens (including phenoxy) is 1. The van der Waals surface area contributed by atoms with Gasteiger partial charge in [-0.05, 0) is 57.0 Å². The number of anilines is 2. The number of nitrogens with zero attached hydrogens (tertiary/aromatic N) is 5. The number of rotatable bonds is 12. The van der Waals surface area contributed by atoms with Gasteiger partial charge < -0.3 is 15.0 Å². The van der Waals surface area contributed by atoms with Crippen LogP contribution >= 0.6 is 0 Å². The molecule has 0 spiro atoms. The van der Waals surface area contributed by atoms with Crippen molar-refractivity contribution in [1.29, 1.82) is 0 Å². The fourth-order valence-electron chi connectivity index (χ4n) is 2.70. The summed E-state index contributed by atoms with van der Waals surface area (Å²) in [4.78, 5) is 15.6. The Labute approximate surface area is 173 Å². The van der Waals surface area contributed by atoms with Gasteiger partial charge in [0.15, 0.2) is 5.82 Å². The summed E-state index contributed by atoms with van der Waals surface area (Å²) in [7, 11) is 1.88. The second kappa shape index (κ2) is 12.0. The minimum absolute atomic E-state index is 0.315. The molecule has 158 valence electrons. The van der Waals surface area contributed by atoms with Crippen molar-refractivity contribution >= 4 is 17.9 Å². The minimum Gasteiger partial charge on any atom is -0.462 e. The topological polar surface area (TPSA) is 87.6 Å². The number of likely N-dealkylation sites (N-methyl/N-ethyl adjacent to an activating group) is 1. The molecule has 0 unspecified atom stereocenters. The van der Waals surface area contributed by atoms with Crippen LogP contribution < -0.4 is 20.4 Å². The summed E-state index contributed by atoms with van der Waals surface area (Å²) in [6.07, 6.45) is 3.63. The van der Waals surface area contributed by atoms with Gasteiger partial charge in [0, 0.05) is 19.6 Å². The van der Waals surface area contributed by atoms with Crippen LogP contribution in [0.1, 0.15) is 43.6 Å². The summed E-state index contributed by atoms with van der Waals surface area (Å²) >= 11 is 0. The molecule has 0 saturated carbocycles. The standard InChI is InChI=1S/C21H33N7O/c1-6-11-28(12-7-2)20-24-19(25-21(26-20)29-13-10-22-5)15-23-27-18-9-8-16(3)17(4)14-18/h8-9,14-15,22,27H,6-7,10-13H2,1-5H3/b23-15+. The lowest BCUT2D eigenvalue weighted by molar-refractivity contribution is 0.292. The molecule has 1 heterocycles. The van der Waals surface area contributed by atoms with Crippen LogP contribution in [0.15, 0.2) is 23.3 Å². The first kappa shape index (κ1) is 22.5. The fraction of sp³-hybridized carbons (Fsp3) is 0.524. The van der Waals surface area contributed by atoms with E-state index in [2.05, 4.69) is 75.5 Å². The lowest BCUT2D eigenvalue weighted by Crippen LogP contribution is -2.28. The Hall–Kier alpha value is -2.74. The molecule has 2 N–H and O–H groups in total. The maximum atomic E-state index is 5.69. The van der Waals surface area contributed by atoms with E-state index in [-0.39, 0.29) is 0 Å². The third-order valence-corrected chi connectivity index (χ3v) is 4.35. The first-order valence-corrected chi connectivity index (χ1v) is 10.2. The van der Waals surface area contributed by atoms with Crippen LogP contribution in [-0.2, 0) is 0 Å². The van der Waals surface area contributed by atoms with E-state index in [9.17, 15) is 0 Å². The highest BCUT2D eigenvalue weighted by Gasteiger charge is 2.13. The van der Waals surface area contributed by atoms with Gasteiger partial charge in [-0.2, -0.15) is 20.1 Å². The monoisotopic (exact) mass is 399 g/mol. The maximum absolute atomic E-state index is 5.69. The highest BCUT2D eigenvalue weighted by atomic mass is 16.5. The molecule has 29 heavy (non-hydrogen) atoms. The molecule has 0 aliphatic rings. The highest BCUT2D eigenvalue weighted by Crippen LogP contribution is 2.15. The fourth-order valence-corrected chi connectivity index (χ4v) is 2.70. The van der Waals surface area contributed by atoms with E-state index in [1.54, 1.807) is 6.21 Å². The number of aryl methyl sites for hydroxylation is 2. The van der Waals surface area contributed by atoms with Gasteiger partial charge in [0.1, 0.15) is 6.61 Å². The molecule has 8 nitrogen and oxygen atoms in total. The molecule has 1 aromatic carbocycles. The van der Waals surface area contributed by atoms with Gasteiger partial charge in [0.2, 0.25) is 5.95 Å². The number of hydrazone groups is 1. The third kappa shape index (κ3) is 7.30. The van der Waals surface area contributed by atoms with Crippen molar-refractivity contribution in [3.8, 4) is 6.01 Å².